The number of nitrogens with zero attached hydrogens (tertiary/aromatic N) is 1. The van der Waals surface area contributed by atoms with Crippen molar-refractivity contribution in [3.05, 3.63) is 24.0 Å². The summed E-state index contributed by atoms with van der Waals surface area (Å²) in [6.07, 6.45) is 3.09. The number of unbranched alkanes of at least 4 members (excludes halogenated alkanes) is 1. The van der Waals surface area contributed by atoms with Crippen LogP contribution in [-0.2, 0) is 11.3 Å². The van der Waals surface area contributed by atoms with Crippen molar-refractivity contribution < 1.29 is 9.53 Å². The predicted molar refractivity (Wildman–Crippen MR) is 70.1 cm³/mol. The summed E-state index contributed by atoms with van der Waals surface area (Å²) in [6, 6.07) is 3.56. The molecule has 1 rings (SSSR count). The summed E-state index contributed by atoms with van der Waals surface area (Å²) in [4.78, 5) is 15.8. The van der Waals surface area contributed by atoms with Gasteiger partial charge in [0.05, 0.1) is 11.9 Å². The molecule has 1 amide bonds. The fourth-order valence-corrected chi connectivity index (χ4v) is 1.39. The molecule has 5 nitrogen and oxygen atoms in total. The lowest BCUT2D eigenvalue weighted by Gasteiger charge is -2.14. The summed E-state index contributed by atoms with van der Waals surface area (Å²) < 4.78 is 5.49. The van der Waals surface area contributed by atoms with Crippen LogP contribution in [0, 0.1) is 0 Å². The Bertz CT molecular complexity index is 365. The van der Waals surface area contributed by atoms with Gasteiger partial charge in [0.15, 0.2) is 6.10 Å². The fourth-order valence-electron chi connectivity index (χ4n) is 1.39. The van der Waals surface area contributed by atoms with Crippen LogP contribution < -0.4 is 15.8 Å². The van der Waals surface area contributed by atoms with Crippen LogP contribution in [0.25, 0.3) is 0 Å². The normalized spacial score (nSPS) is 11.9. The van der Waals surface area contributed by atoms with Crippen LogP contribution >= 0.6 is 0 Å². The van der Waals surface area contributed by atoms with Crippen molar-refractivity contribution in [2.24, 2.45) is 5.73 Å². The number of carbonyl (C=O) groups is 1. The van der Waals surface area contributed by atoms with E-state index >= 15 is 0 Å². The van der Waals surface area contributed by atoms with Crippen LogP contribution in [0.15, 0.2) is 18.3 Å². The minimum atomic E-state index is -0.521. The molecule has 0 fully saturated rings. The molecule has 0 aliphatic carbocycles. The summed E-state index contributed by atoms with van der Waals surface area (Å²) in [5.74, 6) is 0.469. The zero-order valence-corrected chi connectivity index (χ0v) is 11.0. The SMILES string of the molecule is CCCCNC(=O)C(C)Oc1ccc(CN)nc1. The third kappa shape index (κ3) is 4.71. The molecule has 5 heteroatoms. The second kappa shape index (κ2) is 7.66. The van der Waals surface area contributed by atoms with E-state index in [1.165, 1.54) is 0 Å². The summed E-state index contributed by atoms with van der Waals surface area (Å²) >= 11 is 0. The lowest BCUT2D eigenvalue weighted by molar-refractivity contribution is -0.127. The number of nitrogens with two attached hydrogens (primary N) is 1. The van der Waals surface area contributed by atoms with Gasteiger partial charge in [0, 0.05) is 13.1 Å². The van der Waals surface area contributed by atoms with E-state index in [0.29, 0.717) is 18.8 Å². The van der Waals surface area contributed by atoms with Gasteiger partial charge in [-0.2, -0.15) is 0 Å². The number of rotatable bonds is 7. The summed E-state index contributed by atoms with van der Waals surface area (Å²) in [5, 5.41) is 2.82. The van der Waals surface area contributed by atoms with Gasteiger partial charge in [-0.15, -0.1) is 0 Å². The monoisotopic (exact) mass is 251 g/mol. The molecule has 0 bridgehead atoms. The van der Waals surface area contributed by atoms with E-state index in [0.717, 1.165) is 18.5 Å². The number of pyridine rings is 1. The number of ether oxygens (including phenoxy) is 1. The first-order valence-electron chi connectivity index (χ1n) is 6.26. The average Bonchev–Trinajstić information content (AvgIpc) is 2.39. The number of nitrogens with one attached hydrogen (secondary N) is 1. The van der Waals surface area contributed by atoms with E-state index in [4.69, 9.17) is 10.5 Å². The Kier molecular flexibility index (Phi) is 6.14. The molecule has 1 unspecified atom stereocenters. The zero-order valence-electron chi connectivity index (χ0n) is 11.0. The minimum Gasteiger partial charge on any atom is -0.479 e. The molecule has 0 aliphatic heterocycles. The molecule has 0 saturated heterocycles. The minimum absolute atomic E-state index is 0.105. The first-order chi connectivity index (χ1) is 8.67. The molecule has 0 saturated carbocycles. The Morgan fingerprint density at radius 3 is 2.89 bits per heavy atom. The van der Waals surface area contributed by atoms with E-state index in [2.05, 4.69) is 17.2 Å². The second-order valence-electron chi connectivity index (χ2n) is 4.09. The number of hydrogen-bond donors (Lipinski definition) is 2. The number of hydrogen-bond acceptors (Lipinski definition) is 4. The quantitative estimate of drug-likeness (QED) is 0.714. The molecule has 0 aromatic carbocycles. The van der Waals surface area contributed by atoms with Crippen LogP contribution in [0.2, 0.25) is 0 Å². The van der Waals surface area contributed by atoms with Crippen LogP contribution in [0.3, 0.4) is 0 Å². The predicted octanol–water partition coefficient (Wildman–Crippen LogP) is 1.22. The Balaban J connectivity index is 2.42. The molecule has 100 valence electrons. The Morgan fingerprint density at radius 2 is 2.33 bits per heavy atom. The molecule has 0 aliphatic rings. The summed E-state index contributed by atoms with van der Waals surface area (Å²) in [6.45, 7) is 4.88. The van der Waals surface area contributed by atoms with Gasteiger partial charge in [-0.1, -0.05) is 13.3 Å². The molecule has 18 heavy (non-hydrogen) atoms. The lowest BCUT2D eigenvalue weighted by atomic mass is 10.3. The van der Waals surface area contributed by atoms with Gasteiger partial charge in [-0.25, -0.2) is 0 Å². The highest BCUT2D eigenvalue weighted by Gasteiger charge is 2.13. The second-order valence-corrected chi connectivity index (χ2v) is 4.09. The van der Waals surface area contributed by atoms with Crippen molar-refractivity contribution in [3.63, 3.8) is 0 Å². The average molecular weight is 251 g/mol. The Labute approximate surface area is 108 Å². The highest BCUT2D eigenvalue weighted by atomic mass is 16.5. The highest BCUT2D eigenvalue weighted by Crippen LogP contribution is 2.11. The maximum atomic E-state index is 11.7. The molecule has 1 atom stereocenters. The van der Waals surface area contributed by atoms with E-state index in [1.54, 1.807) is 25.3 Å². The molecule has 0 radical (unpaired) electrons. The Hall–Kier alpha value is -1.62. The maximum Gasteiger partial charge on any atom is 0.260 e. The third-order valence-electron chi connectivity index (χ3n) is 2.52. The van der Waals surface area contributed by atoms with Crippen LogP contribution in [0.1, 0.15) is 32.4 Å². The number of carbonyl (C=O) groups excluding carboxylic acids is 1. The van der Waals surface area contributed by atoms with Crippen molar-refractivity contribution in [1.82, 2.24) is 10.3 Å². The van der Waals surface area contributed by atoms with Gasteiger partial charge in [0.25, 0.3) is 5.91 Å². The topological polar surface area (TPSA) is 77.2 Å². The first-order valence-corrected chi connectivity index (χ1v) is 6.26. The van der Waals surface area contributed by atoms with Gasteiger partial charge in [-0.3, -0.25) is 9.78 Å². The summed E-state index contributed by atoms with van der Waals surface area (Å²) in [7, 11) is 0. The van der Waals surface area contributed by atoms with Crippen LogP contribution in [-0.4, -0.2) is 23.5 Å². The van der Waals surface area contributed by atoms with Gasteiger partial charge in [-0.05, 0) is 25.5 Å². The molecule has 0 spiro atoms. The van der Waals surface area contributed by atoms with E-state index in [9.17, 15) is 4.79 Å². The molecule has 1 aromatic heterocycles. The van der Waals surface area contributed by atoms with Gasteiger partial charge >= 0.3 is 0 Å². The van der Waals surface area contributed by atoms with Crippen molar-refractivity contribution in [2.45, 2.75) is 39.3 Å². The standard InChI is InChI=1S/C13H21N3O2/c1-3-4-7-15-13(17)10(2)18-12-6-5-11(8-14)16-9-12/h5-6,9-10H,3-4,7-8,14H2,1-2H3,(H,15,17). The maximum absolute atomic E-state index is 11.7. The van der Waals surface area contributed by atoms with E-state index in [-0.39, 0.29) is 5.91 Å². The third-order valence-corrected chi connectivity index (χ3v) is 2.52. The van der Waals surface area contributed by atoms with Crippen LogP contribution in [0.5, 0.6) is 5.75 Å². The highest BCUT2D eigenvalue weighted by molar-refractivity contribution is 5.80. The van der Waals surface area contributed by atoms with Crippen molar-refractivity contribution in [1.29, 1.82) is 0 Å². The zero-order chi connectivity index (χ0) is 13.4. The lowest BCUT2D eigenvalue weighted by Crippen LogP contribution is -2.36. The molecule has 3 N–H and O–H groups in total. The smallest absolute Gasteiger partial charge is 0.260 e. The molecular formula is C13H21N3O2. The van der Waals surface area contributed by atoms with Crippen LogP contribution in [0.4, 0.5) is 0 Å². The van der Waals surface area contributed by atoms with Crippen molar-refractivity contribution in [3.8, 4) is 5.75 Å². The van der Waals surface area contributed by atoms with E-state index in [1.807, 2.05) is 0 Å². The number of aromatic nitrogens is 1. The largest absolute Gasteiger partial charge is 0.479 e. The fraction of sp³-hybridized carbons (Fsp3) is 0.538. The summed E-state index contributed by atoms with van der Waals surface area (Å²) in [5.41, 5.74) is 6.24. The number of amides is 1. The molecular weight excluding hydrogens is 230 g/mol. The Morgan fingerprint density at radius 1 is 1.56 bits per heavy atom. The molecule has 1 heterocycles. The molecule has 1 aromatic rings. The van der Waals surface area contributed by atoms with Gasteiger partial charge in [0.2, 0.25) is 0 Å². The van der Waals surface area contributed by atoms with Gasteiger partial charge in [0.1, 0.15) is 5.75 Å². The van der Waals surface area contributed by atoms with Crippen molar-refractivity contribution >= 4 is 5.91 Å². The first kappa shape index (κ1) is 14.4. The van der Waals surface area contributed by atoms with E-state index < -0.39 is 6.10 Å². The van der Waals surface area contributed by atoms with Crippen molar-refractivity contribution in [2.75, 3.05) is 6.54 Å². The van der Waals surface area contributed by atoms with Gasteiger partial charge < -0.3 is 15.8 Å².